The molecule has 0 radical (unpaired) electrons. The Hall–Kier alpha value is -0.0800. The van der Waals surface area contributed by atoms with Crippen molar-refractivity contribution in [3.63, 3.8) is 0 Å². The smallest absolute Gasteiger partial charge is 0.193 e. The largest absolute Gasteiger partial charge is 0.383 e. The van der Waals surface area contributed by atoms with E-state index in [-0.39, 0.29) is 24.0 Å². The van der Waals surface area contributed by atoms with Crippen LogP contribution in [0.25, 0.3) is 0 Å². The lowest BCUT2D eigenvalue weighted by atomic mass is 9.86. The van der Waals surface area contributed by atoms with E-state index in [1.807, 2.05) is 0 Å². The highest BCUT2D eigenvalue weighted by molar-refractivity contribution is 14.0. The van der Waals surface area contributed by atoms with Crippen LogP contribution in [0.2, 0.25) is 0 Å². The number of likely N-dealkylation sites (tertiary alicyclic amines) is 2. The van der Waals surface area contributed by atoms with Crippen molar-refractivity contribution in [2.45, 2.75) is 57.9 Å². The van der Waals surface area contributed by atoms with Crippen molar-refractivity contribution < 1.29 is 4.74 Å². The van der Waals surface area contributed by atoms with Crippen molar-refractivity contribution in [2.24, 2.45) is 10.4 Å². The predicted octanol–water partition coefficient (Wildman–Crippen LogP) is 2.95. The van der Waals surface area contributed by atoms with Gasteiger partial charge in [0.1, 0.15) is 0 Å². The summed E-state index contributed by atoms with van der Waals surface area (Å²) in [6.07, 6.45) is 9.65. The Kier molecular flexibility index (Phi) is 8.75. The zero-order chi connectivity index (χ0) is 16.8. The normalized spacial score (nSPS) is 26.4. The van der Waals surface area contributed by atoms with Gasteiger partial charge >= 0.3 is 0 Å². The number of ether oxygens (including phenoxy) is 1. The molecule has 1 aliphatic carbocycles. The van der Waals surface area contributed by atoms with Gasteiger partial charge in [0.05, 0.1) is 13.2 Å². The van der Waals surface area contributed by atoms with Crippen LogP contribution in [0.5, 0.6) is 0 Å². The molecular formula is C19H37IN4O. The van der Waals surface area contributed by atoms with E-state index in [2.05, 4.69) is 22.0 Å². The number of methoxy groups -OCH3 is 1. The van der Waals surface area contributed by atoms with Crippen molar-refractivity contribution in [1.82, 2.24) is 15.1 Å². The summed E-state index contributed by atoms with van der Waals surface area (Å²) in [5, 5.41) is 3.55. The maximum Gasteiger partial charge on any atom is 0.193 e. The van der Waals surface area contributed by atoms with Crippen LogP contribution in [0, 0.1) is 5.41 Å². The molecule has 5 nitrogen and oxygen atoms in total. The van der Waals surface area contributed by atoms with Gasteiger partial charge in [0, 0.05) is 39.3 Å². The van der Waals surface area contributed by atoms with Crippen LogP contribution in [0.4, 0.5) is 0 Å². The highest BCUT2D eigenvalue weighted by atomic mass is 127. The Morgan fingerprint density at radius 1 is 1.20 bits per heavy atom. The maximum absolute atomic E-state index is 5.25. The van der Waals surface area contributed by atoms with Gasteiger partial charge in [-0.25, -0.2) is 0 Å². The van der Waals surface area contributed by atoms with E-state index >= 15 is 0 Å². The average Bonchev–Trinajstić information content (AvgIpc) is 3.32. The SMILES string of the molecule is CCNC(=NCC1CCCN1CCOC)N1CCC2(CCCC2)C1.I. The molecule has 146 valence electrons. The fourth-order valence-electron chi connectivity index (χ4n) is 4.87. The molecule has 1 atom stereocenters. The molecule has 3 rings (SSSR count). The Bertz CT molecular complexity index is 426. The molecule has 0 aromatic heterocycles. The first kappa shape index (κ1) is 21.2. The molecule has 25 heavy (non-hydrogen) atoms. The topological polar surface area (TPSA) is 40.1 Å². The molecule has 1 unspecified atom stereocenters. The van der Waals surface area contributed by atoms with Crippen LogP contribution in [-0.2, 0) is 4.74 Å². The minimum atomic E-state index is 0. The summed E-state index contributed by atoms with van der Waals surface area (Å²) in [5.41, 5.74) is 0.605. The molecule has 1 spiro atoms. The van der Waals surface area contributed by atoms with Gasteiger partial charge in [-0.3, -0.25) is 9.89 Å². The van der Waals surface area contributed by atoms with Crippen molar-refractivity contribution in [3.8, 4) is 0 Å². The predicted molar refractivity (Wildman–Crippen MR) is 115 cm³/mol. The zero-order valence-corrected chi connectivity index (χ0v) is 18.5. The number of rotatable bonds is 6. The lowest BCUT2D eigenvalue weighted by Crippen LogP contribution is -2.42. The molecule has 0 amide bonds. The Morgan fingerprint density at radius 3 is 2.72 bits per heavy atom. The summed E-state index contributed by atoms with van der Waals surface area (Å²) in [6, 6.07) is 0.594. The maximum atomic E-state index is 5.25. The highest BCUT2D eigenvalue weighted by Crippen LogP contribution is 2.45. The van der Waals surface area contributed by atoms with E-state index in [1.54, 1.807) is 7.11 Å². The second-order valence-corrected chi connectivity index (χ2v) is 7.90. The fourth-order valence-corrected chi connectivity index (χ4v) is 4.87. The molecule has 3 fully saturated rings. The molecule has 2 aliphatic heterocycles. The molecule has 1 saturated carbocycles. The highest BCUT2D eigenvalue weighted by Gasteiger charge is 2.41. The summed E-state index contributed by atoms with van der Waals surface area (Å²) >= 11 is 0. The van der Waals surface area contributed by atoms with Crippen molar-refractivity contribution in [1.29, 1.82) is 0 Å². The van der Waals surface area contributed by atoms with Crippen LogP contribution in [0.15, 0.2) is 4.99 Å². The first-order valence-corrected chi connectivity index (χ1v) is 10.0. The molecule has 0 bridgehead atoms. The molecular weight excluding hydrogens is 427 g/mol. The second-order valence-electron chi connectivity index (χ2n) is 7.90. The molecule has 0 aromatic carbocycles. The Labute approximate surface area is 171 Å². The number of nitrogens with one attached hydrogen (secondary N) is 1. The number of nitrogens with zero attached hydrogens (tertiary/aromatic N) is 3. The molecule has 2 saturated heterocycles. The third-order valence-corrected chi connectivity index (χ3v) is 6.27. The van der Waals surface area contributed by atoms with Gasteiger partial charge in [-0.2, -0.15) is 0 Å². The average molecular weight is 464 g/mol. The minimum absolute atomic E-state index is 0. The Morgan fingerprint density at radius 2 is 2.00 bits per heavy atom. The monoisotopic (exact) mass is 464 g/mol. The molecule has 6 heteroatoms. The molecule has 2 heterocycles. The number of hydrogen-bond donors (Lipinski definition) is 1. The lowest BCUT2D eigenvalue weighted by molar-refractivity contribution is 0.142. The lowest BCUT2D eigenvalue weighted by Gasteiger charge is -2.27. The first-order valence-electron chi connectivity index (χ1n) is 10.0. The van der Waals surface area contributed by atoms with Crippen LogP contribution >= 0.6 is 24.0 Å². The molecule has 3 aliphatic rings. The quantitative estimate of drug-likeness (QED) is 0.373. The summed E-state index contributed by atoms with van der Waals surface area (Å²) in [5.74, 6) is 1.15. The third kappa shape index (κ3) is 5.45. The van der Waals surface area contributed by atoms with Gasteiger partial charge in [0.25, 0.3) is 0 Å². The van der Waals surface area contributed by atoms with Gasteiger partial charge < -0.3 is 15.0 Å². The summed E-state index contributed by atoms with van der Waals surface area (Å²) in [4.78, 5) is 10.1. The van der Waals surface area contributed by atoms with Gasteiger partial charge in [-0.15, -0.1) is 24.0 Å². The van der Waals surface area contributed by atoms with E-state index in [9.17, 15) is 0 Å². The molecule has 0 aromatic rings. The van der Waals surface area contributed by atoms with Crippen LogP contribution in [0.3, 0.4) is 0 Å². The summed E-state index contributed by atoms with van der Waals surface area (Å²) in [6.45, 7) is 9.54. The summed E-state index contributed by atoms with van der Waals surface area (Å²) < 4.78 is 5.25. The minimum Gasteiger partial charge on any atom is -0.383 e. The van der Waals surface area contributed by atoms with E-state index in [1.165, 1.54) is 64.6 Å². The van der Waals surface area contributed by atoms with E-state index in [0.717, 1.165) is 32.2 Å². The molecule has 1 N–H and O–H groups in total. The van der Waals surface area contributed by atoms with E-state index < -0.39 is 0 Å². The zero-order valence-electron chi connectivity index (χ0n) is 16.1. The van der Waals surface area contributed by atoms with E-state index in [0.29, 0.717) is 11.5 Å². The third-order valence-electron chi connectivity index (χ3n) is 6.27. The number of guanidine groups is 1. The summed E-state index contributed by atoms with van der Waals surface area (Å²) in [7, 11) is 1.79. The first-order chi connectivity index (χ1) is 11.8. The van der Waals surface area contributed by atoms with E-state index in [4.69, 9.17) is 9.73 Å². The van der Waals surface area contributed by atoms with Gasteiger partial charge in [-0.05, 0) is 51.0 Å². The standard InChI is InChI=1S/C19H36N4O.HI/c1-3-20-18(23-12-10-19(16-23)8-4-5-9-19)21-15-17-7-6-11-22(17)13-14-24-2;/h17H,3-16H2,1-2H3,(H,20,21);1H. The van der Waals surface area contributed by atoms with Gasteiger partial charge in [0.15, 0.2) is 5.96 Å². The van der Waals surface area contributed by atoms with Crippen LogP contribution in [0.1, 0.15) is 51.9 Å². The van der Waals surface area contributed by atoms with Gasteiger partial charge in [-0.1, -0.05) is 12.8 Å². The Balaban J connectivity index is 0.00000225. The van der Waals surface area contributed by atoms with Crippen LogP contribution < -0.4 is 5.32 Å². The van der Waals surface area contributed by atoms with Crippen molar-refractivity contribution in [3.05, 3.63) is 0 Å². The van der Waals surface area contributed by atoms with Gasteiger partial charge in [0.2, 0.25) is 0 Å². The number of aliphatic imine (C=N–C) groups is 1. The second kappa shape index (κ2) is 10.3. The van der Waals surface area contributed by atoms with Crippen molar-refractivity contribution in [2.75, 3.05) is 53.0 Å². The number of halogens is 1. The van der Waals surface area contributed by atoms with Crippen LogP contribution in [-0.4, -0.2) is 74.8 Å². The van der Waals surface area contributed by atoms with Crippen molar-refractivity contribution >= 4 is 29.9 Å². The fraction of sp³-hybridized carbons (Fsp3) is 0.947. The number of hydrogen-bond acceptors (Lipinski definition) is 3.